The second-order valence-electron chi connectivity index (χ2n) is 5.82. The fourth-order valence-corrected chi connectivity index (χ4v) is 3.31. The van der Waals surface area contributed by atoms with Gasteiger partial charge in [-0.2, -0.15) is 0 Å². The van der Waals surface area contributed by atoms with Crippen molar-refractivity contribution in [1.29, 1.82) is 0 Å². The monoisotopic (exact) mass is 390 g/mol. The van der Waals surface area contributed by atoms with Crippen LogP contribution in [0.1, 0.15) is 0 Å². The van der Waals surface area contributed by atoms with Crippen molar-refractivity contribution >= 4 is 49.0 Å². The van der Waals surface area contributed by atoms with Crippen LogP contribution in [0.2, 0.25) is 0 Å². The van der Waals surface area contributed by atoms with E-state index in [9.17, 15) is 5.11 Å². The van der Waals surface area contributed by atoms with E-state index in [0.717, 1.165) is 37.6 Å². The van der Waals surface area contributed by atoms with E-state index in [1.807, 2.05) is 42.5 Å². The molecule has 0 saturated heterocycles. The molecule has 0 atom stereocenters. The third-order valence-corrected chi connectivity index (χ3v) is 4.65. The summed E-state index contributed by atoms with van der Waals surface area (Å²) in [4.78, 5) is 17.2. The number of hydrogen-bond donors (Lipinski definition) is 2. The number of phenolic OH excluding ortho intramolecular Hbond substituents is 1. The molecule has 5 aromatic rings. The first-order chi connectivity index (χ1) is 12.2. The zero-order valence-electron chi connectivity index (χ0n) is 12.9. The number of phenols is 1. The number of H-pyrrole nitrogens is 1. The van der Waals surface area contributed by atoms with Gasteiger partial charge in [-0.25, -0.2) is 15.0 Å². The van der Waals surface area contributed by atoms with Gasteiger partial charge in [0, 0.05) is 4.47 Å². The quantitative estimate of drug-likeness (QED) is 0.403. The summed E-state index contributed by atoms with van der Waals surface area (Å²) in [5, 5.41) is 10.1. The summed E-state index contributed by atoms with van der Waals surface area (Å²) < 4.78 is 0.862. The Balaban J connectivity index is 1.77. The summed E-state index contributed by atoms with van der Waals surface area (Å²) in [6, 6.07) is 17.0. The average molecular weight is 391 g/mol. The molecule has 2 heterocycles. The Morgan fingerprint density at radius 1 is 0.760 bits per heavy atom. The van der Waals surface area contributed by atoms with Crippen LogP contribution in [-0.2, 0) is 0 Å². The van der Waals surface area contributed by atoms with Gasteiger partial charge in [0.15, 0.2) is 5.82 Å². The van der Waals surface area contributed by atoms with Crippen molar-refractivity contribution in [3.8, 4) is 17.1 Å². The van der Waals surface area contributed by atoms with Gasteiger partial charge in [-0.15, -0.1) is 0 Å². The first-order valence-corrected chi connectivity index (χ1v) is 8.52. The lowest BCUT2D eigenvalue weighted by atomic mass is 10.2. The van der Waals surface area contributed by atoms with Crippen LogP contribution < -0.4 is 0 Å². The third-order valence-electron chi connectivity index (χ3n) is 4.16. The molecular weight excluding hydrogens is 380 g/mol. The molecule has 2 aromatic heterocycles. The molecule has 0 fully saturated rings. The van der Waals surface area contributed by atoms with E-state index >= 15 is 0 Å². The smallest absolute Gasteiger partial charge is 0.164 e. The Bertz CT molecular complexity index is 1210. The van der Waals surface area contributed by atoms with E-state index in [2.05, 4.69) is 35.9 Å². The topological polar surface area (TPSA) is 74.7 Å². The minimum Gasteiger partial charge on any atom is -0.507 e. The number of para-hydroxylation sites is 2. The highest BCUT2D eigenvalue weighted by atomic mass is 79.9. The van der Waals surface area contributed by atoms with Crippen molar-refractivity contribution in [3.63, 3.8) is 0 Å². The van der Waals surface area contributed by atoms with Gasteiger partial charge >= 0.3 is 0 Å². The van der Waals surface area contributed by atoms with Crippen molar-refractivity contribution in [2.45, 2.75) is 0 Å². The number of aromatic nitrogens is 4. The van der Waals surface area contributed by atoms with Crippen LogP contribution in [0.15, 0.2) is 59.1 Å². The van der Waals surface area contributed by atoms with E-state index in [1.54, 1.807) is 12.1 Å². The number of imidazole rings is 1. The fraction of sp³-hybridized carbons (Fsp3) is 0. The standard InChI is InChI=1S/C19H11BrN4O/c20-10-5-6-18(25)11(7-10)19-23-16-8-14-15(9-17(16)24-19)22-13-4-2-1-3-12(13)21-14/h1-9,21,25H. The van der Waals surface area contributed by atoms with Gasteiger partial charge in [0.25, 0.3) is 0 Å². The average Bonchev–Trinajstić information content (AvgIpc) is 3.02. The van der Waals surface area contributed by atoms with Crippen molar-refractivity contribution in [3.05, 3.63) is 59.1 Å². The van der Waals surface area contributed by atoms with Crippen LogP contribution in [0, 0.1) is 0 Å². The maximum atomic E-state index is 10.1. The molecule has 2 N–H and O–H groups in total. The van der Waals surface area contributed by atoms with Crippen molar-refractivity contribution in [2.75, 3.05) is 0 Å². The molecule has 3 aromatic carbocycles. The highest BCUT2D eigenvalue weighted by Gasteiger charge is 2.13. The molecule has 0 unspecified atom stereocenters. The Hall–Kier alpha value is -2.99. The molecule has 5 rings (SSSR count). The molecule has 0 aliphatic heterocycles. The lowest BCUT2D eigenvalue weighted by Gasteiger charge is -2.01. The molecule has 0 bridgehead atoms. The Kier molecular flexibility index (Phi) is 3.02. The second kappa shape index (κ2) is 5.26. The molecule has 0 aliphatic carbocycles. The zero-order chi connectivity index (χ0) is 17.0. The van der Waals surface area contributed by atoms with Crippen molar-refractivity contribution in [2.24, 2.45) is 0 Å². The Morgan fingerprint density at radius 3 is 2.44 bits per heavy atom. The van der Waals surface area contributed by atoms with Gasteiger partial charge in [0.1, 0.15) is 5.75 Å². The van der Waals surface area contributed by atoms with Crippen LogP contribution in [0.3, 0.4) is 0 Å². The number of hydrogen-bond acceptors (Lipinski definition) is 4. The van der Waals surface area contributed by atoms with Crippen LogP contribution in [0.5, 0.6) is 5.75 Å². The molecule has 6 heteroatoms. The summed E-state index contributed by atoms with van der Waals surface area (Å²) in [5.74, 6) is 0.646. The van der Waals surface area contributed by atoms with E-state index < -0.39 is 0 Å². The molecule has 120 valence electrons. The van der Waals surface area contributed by atoms with Crippen molar-refractivity contribution in [1.82, 2.24) is 19.9 Å². The number of nitrogens with zero attached hydrogens (tertiary/aromatic N) is 3. The van der Waals surface area contributed by atoms with E-state index in [4.69, 9.17) is 0 Å². The molecule has 0 aliphatic rings. The summed E-state index contributed by atoms with van der Waals surface area (Å²) in [6.07, 6.45) is 0. The number of nitrogens with one attached hydrogen (secondary N) is 1. The summed E-state index contributed by atoms with van der Waals surface area (Å²) in [5.41, 5.74) is 5.70. The van der Waals surface area contributed by atoms with Crippen molar-refractivity contribution < 1.29 is 5.11 Å². The number of rotatable bonds is 1. The van der Waals surface area contributed by atoms with E-state index in [-0.39, 0.29) is 5.75 Å². The molecule has 0 amide bonds. The largest absolute Gasteiger partial charge is 0.507 e. The number of benzene rings is 3. The van der Waals surface area contributed by atoms with Crippen LogP contribution in [-0.4, -0.2) is 25.0 Å². The minimum absolute atomic E-state index is 0.151. The molecule has 0 spiro atoms. The number of aromatic amines is 1. The molecule has 5 nitrogen and oxygen atoms in total. The first-order valence-electron chi connectivity index (χ1n) is 7.72. The molecular formula is C19H11BrN4O. The first kappa shape index (κ1) is 14.4. The Labute approximate surface area is 150 Å². The normalized spacial score (nSPS) is 11.6. The lowest BCUT2D eigenvalue weighted by Crippen LogP contribution is -1.87. The molecule has 0 saturated carbocycles. The summed E-state index contributed by atoms with van der Waals surface area (Å²) >= 11 is 3.42. The highest BCUT2D eigenvalue weighted by Crippen LogP contribution is 2.32. The SMILES string of the molecule is Oc1ccc(Br)cc1-c1nc2cc3nc4ccccc4[nH]c3cc2n1. The van der Waals surface area contributed by atoms with E-state index in [0.29, 0.717) is 11.4 Å². The summed E-state index contributed by atoms with van der Waals surface area (Å²) in [6.45, 7) is 0. The van der Waals surface area contributed by atoms with E-state index in [1.165, 1.54) is 0 Å². The zero-order valence-corrected chi connectivity index (χ0v) is 14.4. The van der Waals surface area contributed by atoms with Gasteiger partial charge in [0.2, 0.25) is 0 Å². The maximum Gasteiger partial charge on any atom is 0.164 e. The summed E-state index contributed by atoms with van der Waals surface area (Å²) in [7, 11) is 0. The third kappa shape index (κ3) is 2.34. The predicted octanol–water partition coefficient (Wildman–Crippen LogP) is 4.79. The second-order valence-corrected chi connectivity index (χ2v) is 6.74. The van der Waals surface area contributed by atoms with Gasteiger partial charge < -0.3 is 10.1 Å². The molecule has 0 radical (unpaired) electrons. The Morgan fingerprint density at radius 2 is 1.56 bits per heavy atom. The van der Waals surface area contributed by atoms with Gasteiger partial charge in [-0.05, 0) is 42.5 Å². The predicted molar refractivity (Wildman–Crippen MR) is 101 cm³/mol. The lowest BCUT2D eigenvalue weighted by molar-refractivity contribution is 0.477. The molecule has 25 heavy (non-hydrogen) atoms. The number of fused-ring (bicyclic) bond motifs is 3. The van der Waals surface area contributed by atoms with Gasteiger partial charge in [-0.3, -0.25) is 0 Å². The van der Waals surface area contributed by atoms with Crippen LogP contribution in [0.25, 0.3) is 44.5 Å². The van der Waals surface area contributed by atoms with Crippen LogP contribution in [0.4, 0.5) is 0 Å². The minimum atomic E-state index is 0.151. The van der Waals surface area contributed by atoms with Gasteiger partial charge in [0.05, 0.1) is 38.7 Å². The number of halogens is 1. The van der Waals surface area contributed by atoms with Crippen LogP contribution >= 0.6 is 15.9 Å². The highest BCUT2D eigenvalue weighted by molar-refractivity contribution is 9.10. The maximum absolute atomic E-state index is 10.1. The number of aromatic hydroxyl groups is 1. The van der Waals surface area contributed by atoms with Gasteiger partial charge in [-0.1, -0.05) is 28.1 Å². The fourth-order valence-electron chi connectivity index (χ4n) is 2.95.